The molecular formula is C17H26N2O3. The van der Waals surface area contributed by atoms with E-state index in [-0.39, 0.29) is 6.09 Å². The number of likely N-dealkylation sites (tertiary alicyclic amines) is 1. The molecule has 2 rings (SSSR count). The smallest absolute Gasteiger partial charge is 0.410 e. The maximum atomic E-state index is 12.0. The lowest BCUT2D eigenvalue weighted by Gasteiger charge is -2.31. The molecule has 1 aliphatic rings. The molecule has 1 fully saturated rings. The lowest BCUT2D eigenvalue weighted by atomic mass is 9.97. The van der Waals surface area contributed by atoms with Crippen LogP contribution in [0.15, 0.2) is 30.3 Å². The largest absolute Gasteiger partial charge is 0.445 e. The van der Waals surface area contributed by atoms with Gasteiger partial charge in [0.15, 0.2) is 0 Å². The van der Waals surface area contributed by atoms with Crippen LogP contribution < -0.4 is 5.32 Å². The van der Waals surface area contributed by atoms with Crippen LogP contribution in [-0.4, -0.2) is 50.9 Å². The molecule has 1 N–H and O–H groups in total. The Balaban J connectivity index is 1.62. The van der Waals surface area contributed by atoms with Crippen molar-refractivity contribution >= 4 is 6.09 Å². The summed E-state index contributed by atoms with van der Waals surface area (Å²) in [7, 11) is 1.71. The summed E-state index contributed by atoms with van der Waals surface area (Å²) in [6, 6.07) is 9.78. The number of hydrogen-bond acceptors (Lipinski definition) is 4. The van der Waals surface area contributed by atoms with E-state index in [1.807, 2.05) is 35.2 Å². The van der Waals surface area contributed by atoms with Crippen molar-refractivity contribution in [1.82, 2.24) is 10.2 Å². The van der Waals surface area contributed by atoms with Gasteiger partial charge in [-0.3, -0.25) is 0 Å². The third-order valence-electron chi connectivity index (χ3n) is 3.99. The summed E-state index contributed by atoms with van der Waals surface area (Å²) in [6.45, 7) is 4.53. The highest BCUT2D eigenvalue weighted by molar-refractivity contribution is 5.67. The van der Waals surface area contributed by atoms with Crippen LogP contribution in [0, 0.1) is 5.92 Å². The molecule has 1 aliphatic heterocycles. The maximum absolute atomic E-state index is 12.0. The molecule has 122 valence electrons. The van der Waals surface area contributed by atoms with Crippen LogP contribution in [0.4, 0.5) is 4.79 Å². The summed E-state index contributed by atoms with van der Waals surface area (Å²) in [5, 5.41) is 3.39. The molecule has 0 radical (unpaired) electrons. The Hall–Kier alpha value is -1.59. The van der Waals surface area contributed by atoms with Crippen molar-refractivity contribution < 1.29 is 14.3 Å². The highest BCUT2D eigenvalue weighted by atomic mass is 16.6. The minimum Gasteiger partial charge on any atom is -0.445 e. The second-order valence-electron chi connectivity index (χ2n) is 5.67. The van der Waals surface area contributed by atoms with E-state index in [1.54, 1.807) is 7.11 Å². The van der Waals surface area contributed by atoms with E-state index >= 15 is 0 Å². The average molecular weight is 306 g/mol. The van der Waals surface area contributed by atoms with Crippen LogP contribution in [0.5, 0.6) is 0 Å². The number of carbonyl (C=O) groups excluding carboxylic acids is 1. The Morgan fingerprint density at radius 3 is 2.68 bits per heavy atom. The van der Waals surface area contributed by atoms with Gasteiger partial charge in [-0.05, 0) is 30.9 Å². The van der Waals surface area contributed by atoms with E-state index in [0.717, 1.165) is 51.2 Å². The van der Waals surface area contributed by atoms with E-state index in [1.165, 1.54) is 0 Å². The Morgan fingerprint density at radius 1 is 1.27 bits per heavy atom. The average Bonchev–Trinajstić information content (AvgIpc) is 2.58. The van der Waals surface area contributed by atoms with Gasteiger partial charge in [-0.25, -0.2) is 4.79 Å². The lowest BCUT2D eigenvalue weighted by molar-refractivity contribution is 0.0820. The minimum atomic E-state index is -0.199. The van der Waals surface area contributed by atoms with E-state index in [2.05, 4.69) is 5.32 Å². The summed E-state index contributed by atoms with van der Waals surface area (Å²) < 4.78 is 10.4. The van der Waals surface area contributed by atoms with Crippen molar-refractivity contribution in [3.8, 4) is 0 Å². The SMILES string of the molecule is COCCNCC1CCN(C(=O)OCc2ccccc2)CC1. The Kier molecular flexibility index (Phi) is 7.19. The van der Waals surface area contributed by atoms with Crippen molar-refractivity contribution in [2.75, 3.05) is 39.9 Å². The number of rotatable bonds is 7. The van der Waals surface area contributed by atoms with Crippen molar-refractivity contribution in [3.63, 3.8) is 0 Å². The fraction of sp³-hybridized carbons (Fsp3) is 0.588. The molecule has 0 saturated carbocycles. The van der Waals surface area contributed by atoms with Gasteiger partial charge in [0.25, 0.3) is 0 Å². The molecule has 0 bridgehead atoms. The topological polar surface area (TPSA) is 50.8 Å². The molecule has 0 atom stereocenters. The van der Waals surface area contributed by atoms with Gasteiger partial charge in [-0.15, -0.1) is 0 Å². The molecule has 5 heteroatoms. The van der Waals surface area contributed by atoms with Crippen LogP contribution in [0.1, 0.15) is 18.4 Å². The van der Waals surface area contributed by atoms with E-state index in [9.17, 15) is 4.79 Å². The van der Waals surface area contributed by atoms with E-state index in [4.69, 9.17) is 9.47 Å². The molecule has 22 heavy (non-hydrogen) atoms. The fourth-order valence-electron chi connectivity index (χ4n) is 2.61. The zero-order valence-corrected chi connectivity index (χ0v) is 13.3. The first-order valence-electron chi connectivity index (χ1n) is 7.95. The van der Waals surface area contributed by atoms with Crippen molar-refractivity contribution in [1.29, 1.82) is 0 Å². The first-order chi connectivity index (χ1) is 10.8. The zero-order chi connectivity index (χ0) is 15.6. The molecule has 1 amide bonds. The molecule has 1 aromatic carbocycles. The predicted molar refractivity (Wildman–Crippen MR) is 85.7 cm³/mol. The van der Waals surface area contributed by atoms with Gasteiger partial charge < -0.3 is 19.7 Å². The molecule has 1 aromatic rings. The van der Waals surface area contributed by atoms with Crippen LogP contribution in [0.3, 0.4) is 0 Å². The third-order valence-corrected chi connectivity index (χ3v) is 3.99. The Morgan fingerprint density at radius 2 is 2.00 bits per heavy atom. The standard InChI is InChI=1S/C17H26N2O3/c1-21-12-9-18-13-15-7-10-19(11-8-15)17(20)22-14-16-5-3-2-4-6-16/h2-6,15,18H,7-14H2,1H3. The molecule has 1 heterocycles. The van der Waals surface area contributed by atoms with Gasteiger partial charge in [0.2, 0.25) is 0 Å². The van der Waals surface area contributed by atoms with Gasteiger partial charge >= 0.3 is 6.09 Å². The van der Waals surface area contributed by atoms with Crippen molar-refractivity contribution in [3.05, 3.63) is 35.9 Å². The van der Waals surface area contributed by atoms with Crippen molar-refractivity contribution in [2.45, 2.75) is 19.4 Å². The van der Waals surface area contributed by atoms with Crippen LogP contribution in [0.25, 0.3) is 0 Å². The number of amides is 1. The van der Waals surface area contributed by atoms with Gasteiger partial charge in [0.05, 0.1) is 6.61 Å². The minimum absolute atomic E-state index is 0.199. The first-order valence-corrected chi connectivity index (χ1v) is 7.95. The number of benzene rings is 1. The van der Waals surface area contributed by atoms with Gasteiger partial charge in [-0.1, -0.05) is 30.3 Å². The number of ether oxygens (including phenoxy) is 2. The predicted octanol–water partition coefficient (Wildman–Crippen LogP) is 2.27. The van der Waals surface area contributed by atoms with Crippen LogP contribution in [0.2, 0.25) is 0 Å². The second kappa shape index (κ2) is 9.43. The van der Waals surface area contributed by atoms with Gasteiger partial charge in [0, 0.05) is 26.7 Å². The number of methoxy groups -OCH3 is 1. The summed E-state index contributed by atoms with van der Waals surface area (Å²) >= 11 is 0. The molecule has 0 unspecified atom stereocenters. The maximum Gasteiger partial charge on any atom is 0.410 e. The van der Waals surface area contributed by atoms with Crippen LogP contribution in [-0.2, 0) is 16.1 Å². The Labute approximate surface area is 132 Å². The molecule has 5 nitrogen and oxygen atoms in total. The first kappa shape index (κ1) is 16.8. The summed E-state index contributed by atoms with van der Waals surface area (Å²) in [6.07, 6.45) is 1.86. The second-order valence-corrected chi connectivity index (χ2v) is 5.67. The van der Waals surface area contributed by atoms with E-state index < -0.39 is 0 Å². The Bertz CT molecular complexity index is 431. The number of piperidine rings is 1. The molecule has 0 aliphatic carbocycles. The lowest BCUT2D eigenvalue weighted by Crippen LogP contribution is -2.41. The summed E-state index contributed by atoms with van der Waals surface area (Å²) in [4.78, 5) is 13.9. The van der Waals surface area contributed by atoms with E-state index in [0.29, 0.717) is 12.5 Å². The normalized spacial score (nSPS) is 15.8. The monoisotopic (exact) mass is 306 g/mol. The number of nitrogens with zero attached hydrogens (tertiary/aromatic N) is 1. The number of nitrogens with one attached hydrogen (secondary N) is 1. The third kappa shape index (κ3) is 5.66. The summed E-state index contributed by atoms with van der Waals surface area (Å²) in [5.41, 5.74) is 1.02. The highest BCUT2D eigenvalue weighted by Gasteiger charge is 2.23. The highest BCUT2D eigenvalue weighted by Crippen LogP contribution is 2.17. The molecule has 0 spiro atoms. The van der Waals surface area contributed by atoms with Crippen molar-refractivity contribution in [2.24, 2.45) is 5.92 Å². The summed E-state index contributed by atoms with van der Waals surface area (Å²) in [5.74, 6) is 0.634. The number of hydrogen-bond donors (Lipinski definition) is 1. The van der Waals surface area contributed by atoms with Gasteiger partial charge in [-0.2, -0.15) is 0 Å². The van der Waals surface area contributed by atoms with Gasteiger partial charge in [0.1, 0.15) is 6.61 Å². The molecule has 1 saturated heterocycles. The quantitative estimate of drug-likeness (QED) is 0.785. The van der Waals surface area contributed by atoms with Crippen LogP contribution >= 0.6 is 0 Å². The molecular weight excluding hydrogens is 280 g/mol. The molecule has 0 aromatic heterocycles. The fourth-order valence-corrected chi connectivity index (χ4v) is 2.61. The number of carbonyl (C=O) groups is 1. The zero-order valence-electron chi connectivity index (χ0n) is 13.3.